The molecule has 0 radical (unpaired) electrons. The SMILES string of the molecule is CCn1ncnc1C(=O)NNC(=O)Cc1ccccc1O. The van der Waals surface area contributed by atoms with Crippen LogP contribution in [0.4, 0.5) is 0 Å². The van der Waals surface area contributed by atoms with E-state index in [-0.39, 0.29) is 18.0 Å². The molecule has 110 valence electrons. The number of rotatable bonds is 4. The first kappa shape index (κ1) is 14.5. The number of carbonyl (C=O) groups is 2. The van der Waals surface area contributed by atoms with Gasteiger partial charge in [-0.2, -0.15) is 5.10 Å². The minimum atomic E-state index is -0.556. The van der Waals surface area contributed by atoms with E-state index in [1.807, 2.05) is 6.92 Å². The maximum Gasteiger partial charge on any atom is 0.307 e. The molecule has 2 aromatic rings. The molecular formula is C13H15N5O3. The Hall–Kier alpha value is -2.90. The predicted octanol–water partition coefficient (Wildman–Crippen LogP) is 0.00730. The number of para-hydroxylation sites is 1. The molecule has 0 aliphatic rings. The number of aromatic hydroxyl groups is 1. The Morgan fingerprint density at radius 2 is 2.05 bits per heavy atom. The number of phenolic OH excluding ortho intramolecular Hbond substituents is 1. The zero-order valence-electron chi connectivity index (χ0n) is 11.4. The second-order valence-corrected chi connectivity index (χ2v) is 4.21. The fraction of sp³-hybridized carbons (Fsp3) is 0.231. The molecule has 8 heteroatoms. The van der Waals surface area contributed by atoms with Gasteiger partial charge in [0.1, 0.15) is 12.1 Å². The standard InChI is InChI=1S/C13H15N5O3/c1-2-18-12(14-8-15-18)13(21)17-16-11(20)7-9-5-3-4-6-10(9)19/h3-6,8,19H,2,7H2,1H3,(H,16,20)(H,17,21). The highest BCUT2D eigenvalue weighted by Crippen LogP contribution is 2.15. The van der Waals surface area contributed by atoms with Crippen LogP contribution in [0.15, 0.2) is 30.6 Å². The highest BCUT2D eigenvalue weighted by molar-refractivity contribution is 5.92. The summed E-state index contributed by atoms with van der Waals surface area (Å²) in [4.78, 5) is 27.3. The third-order valence-corrected chi connectivity index (χ3v) is 2.78. The van der Waals surface area contributed by atoms with Crippen LogP contribution in [0, 0.1) is 0 Å². The lowest BCUT2D eigenvalue weighted by Crippen LogP contribution is -2.43. The molecule has 0 saturated heterocycles. The number of hydrogen-bond acceptors (Lipinski definition) is 5. The molecule has 0 spiro atoms. The number of aryl methyl sites for hydroxylation is 1. The van der Waals surface area contributed by atoms with Crippen molar-refractivity contribution in [2.24, 2.45) is 0 Å². The van der Waals surface area contributed by atoms with Crippen molar-refractivity contribution in [3.63, 3.8) is 0 Å². The highest BCUT2D eigenvalue weighted by Gasteiger charge is 2.14. The van der Waals surface area contributed by atoms with E-state index in [0.717, 1.165) is 0 Å². The van der Waals surface area contributed by atoms with Crippen molar-refractivity contribution in [3.8, 4) is 5.75 Å². The van der Waals surface area contributed by atoms with Gasteiger partial charge in [-0.1, -0.05) is 18.2 Å². The molecule has 0 unspecified atom stereocenters. The minimum absolute atomic E-state index is 0.0321. The Labute approximate surface area is 120 Å². The van der Waals surface area contributed by atoms with Crippen LogP contribution >= 0.6 is 0 Å². The number of carbonyl (C=O) groups excluding carboxylic acids is 2. The summed E-state index contributed by atoms with van der Waals surface area (Å²) in [7, 11) is 0. The second kappa shape index (κ2) is 6.51. The number of aromatic nitrogens is 3. The van der Waals surface area contributed by atoms with Crippen molar-refractivity contribution in [1.82, 2.24) is 25.6 Å². The van der Waals surface area contributed by atoms with Gasteiger partial charge in [0.25, 0.3) is 0 Å². The van der Waals surface area contributed by atoms with Gasteiger partial charge in [-0.25, -0.2) is 9.67 Å². The van der Waals surface area contributed by atoms with Gasteiger partial charge in [-0.3, -0.25) is 20.4 Å². The van der Waals surface area contributed by atoms with E-state index in [2.05, 4.69) is 20.9 Å². The quantitative estimate of drug-likeness (QED) is 0.687. The molecule has 0 bridgehead atoms. The molecule has 1 aromatic carbocycles. The summed E-state index contributed by atoms with van der Waals surface area (Å²) < 4.78 is 1.41. The van der Waals surface area contributed by atoms with Crippen LogP contribution < -0.4 is 10.9 Å². The maximum absolute atomic E-state index is 11.8. The third-order valence-electron chi connectivity index (χ3n) is 2.78. The van der Waals surface area contributed by atoms with Gasteiger partial charge < -0.3 is 5.11 Å². The van der Waals surface area contributed by atoms with E-state index >= 15 is 0 Å². The molecule has 1 aromatic heterocycles. The van der Waals surface area contributed by atoms with Gasteiger partial charge in [0.05, 0.1) is 6.42 Å². The summed E-state index contributed by atoms with van der Waals surface area (Å²) in [6, 6.07) is 6.50. The molecular weight excluding hydrogens is 274 g/mol. The number of phenols is 1. The summed E-state index contributed by atoms with van der Waals surface area (Å²) in [5.74, 6) is -0.863. The first-order chi connectivity index (χ1) is 10.1. The van der Waals surface area contributed by atoms with Crippen molar-refractivity contribution in [3.05, 3.63) is 42.0 Å². The summed E-state index contributed by atoms with van der Waals surface area (Å²) >= 11 is 0. The summed E-state index contributed by atoms with van der Waals surface area (Å²) in [6.07, 6.45) is 1.22. The zero-order valence-corrected chi connectivity index (χ0v) is 11.4. The highest BCUT2D eigenvalue weighted by atomic mass is 16.3. The van der Waals surface area contributed by atoms with Crippen molar-refractivity contribution in [1.29, 1.82) is 0 Å². The van der Waals surface area contributed by atoms with Crippen LogP contribution in [0.25, 0.3) is 0 Å². The first-order valence-corrected chi connectivity index (χ1v) is 6.35. The van der Waals surface area contributed by atoms with Gasteiger partial charge in [-0.05, 0) is 13.0 Å². The molecule has 2 rings (SSSR count). The molecule has 0 atom stereocenters. The van der Waals surface area contributed by atoms with Crippen molar-refractivity contribution in [2.45, 2.75) is 19.9 Å². The summed E-state index contributed by atoms with van der Waals surface area (Å²) in [5.41, 5.74) is 5.00. The lowest BCUT2D eigenvalue weighted by molar-refractivity contribution is -0.121. The second-order valence-electron chi connectivity index (χ2n) is 4.21. The van der Waals surface area contributed by atoms with Crippen LogP contribution in [-0.4, -0.2) is 31.7 Å². The van der Waals surface area contributed by atoms with E-state index in [0.29, 0.717) is 12.1 Å². The van der Waals surface area contributed by atoms with Crippen LogP contribution in [0.2, 0.25) is 0 Å². The fourth-order valence-electron chi connectivity index (χ4n) is 1.73. The molecule has 3 N–H and O–H groups in total. The Balaban J connectivity index is 1.90. The molecule has 0 saturated carbocycles. The van der Waals surface area contributed by atoms with E-state index in [9.17, 15) is 14.7 Å². The van der Waals surface area contributed by atoms with E-state index in [4.69, 9.17) is 0 Å². The Kier molecular flexibility index (Phi) is 4.50. The molecule has 0 fully saturated rings. The molecule has 2 amide bonds. The van der Waals surface area contributed by atoms with Gasteiger partial charge in [0.2, 0.25) is 11.7 Å². The van der Waals surface area contributed by atoms with Gasteiger partial charge >= 0.3 is 5.91 Å². The van der Waals surface area contributed by atoms with Crippen LogP contribution in [0.3, 0.4) is 0 Å². The Morgan fingerprint density at radius 3 is 2.76 bits per heavy atom. The predicted molar refractivity (Wildman–Crippen MR) is 73.1 cm³/mol. The summed E-state index contributed by atoms with van der Waals surface area (Å²) in [5, 5.41) is 13.4. The van der Waals surface area contributed by atoms with Crippen molar-refractivity contribution < 1.29 is 14.7 Å². The number of amides is 2. The Bertz CT molecular complexity index is 653. The largest absolute Gasteiger partial charge is 0.508 e. The monoisotopic (exact) mass is 289 g/mol. The normalized spacial score (nSPS) is 10.1. The summed E-state index contributed by atoms with van der Waals surface area (Å²) in [6.45, 7) is 2.32. The topological polar surface area (TPSA) is 109 Å². The van der Waals surface area contributed by atoms with E-state index < -0.39 is 11.8 Å². The minimum Gasteiger partial charge on any atom is -0.508 e. The van der Waals surface area contributed by atoms with Gasteiger partial charge in [0, 0.05) is 12.1 Å². The number of hydrogen-bond donors (Lipinski definition) is 3. The fourth-order valence-corrected chi connectivity index (χ4v) is 1.73. The van der Waals surface area contributed by atoms with Crippen molar-refractivity contribution >= 4 is 11.8 Å². The smallest absolute Gasteiger partial charge is 0.307 e. The van der Waals surface area contributed by atoms with E-state index in [1.54, 1.807) is 18.2 Å². The number of nitrogens with one attached hydrogen (secondary N) is 2. The molecule has 8 nitrogen and oxygen atoms in total. The zero-order chi connectivity index (χ0) is 15.2. The average molecular weight is 289 g/mol. The van der Waals surface area contributed by atoms with Crippen LogP contribution in [0.1, 0.15) is 23.1 Å². The molecule has 1 heterocycles. The number of hydrazine groups is 1. The van der Waals surface area contributed by atoms with E-state index in [1.165, 1.54) is 17.1 Å². The van der Waals surface area contributed by atoms with Gasteiger partial charge in [0.15, 0.2) is 0 Å². The van der Waals surface area contributed by atoms with Crippen molar-refractivity contribution in [2.75, 3.05) is 0 Å². The van der Waals surface area contributed by atoms with Gasteiger partial charge in [-0.15, -0.1) is 0 Å². The third kappa shape index (κ3) is 3.56. The lowest BCUT2D eigenvalue weighted by Gasteiger charge is -2.08. The molecule has 21 heavy (non-hydrogen) atoms. The lowest BCUT2D eigenvalue weighted by atomic mass is 10.1. The van der Waals surface area contributed by atoms with Crippen LogP contribution in [0.5, 0.6) is 5.75 Å². The molecule has 0 aliphatic carbocycles. The number of nitrogens with zero attached hydrogens (tertiary/aromatic N) is 3. The van der Waals surface area contributed by atoms with Crippen LogP contribution in [-0.2, 0) is 17.8 Å². The maximum atomic E-state index is 11.8. The Morgan fingerprint density at radius 1 is 1.29 bits per heavy atom. The molecule has 0 aliphatic heterocycles. The average Bonchev–Trinajstić information content (AvgIpc) is 2.96. The first-order valence-electron chi connectivity index (χ1n) is 6.35. The number of benzene rings is 1.